The first kappa shape index (κ1) is 18.2. The molecule has 1 aliphatic heterocycles. The number of piperidine rings is 1. The highest BCUT2D eigenvalue weighted by Crippen LogP contribution is 2.30. The van der Waals surface area contributed by atoms with Crippen LogP contribution in [-0.4, -0.2) is 27.9 Å². The van der Waals surface area contributed by atoms with Crippen LogP contribution in [-0.2, 0) is 0 Å². The summed E-state index contributed by atoms with van der Waals surface area (Å²) in [6, 6.07) is 18.5. The smallest absolute Gasteiger partial charge is 0.255 e. The van der Waals surface area contributed by atoms with E-state index in [-0.39, 0.29) is 18.0 Å². The van der Waals surface area contributed by atoms with E-state index in [1.165, 1.54) is 6.42 Å². The van der Waals surface area contributed by atoms with Crippen LogP contribution in [0.4, 0.5) is 0 Å². The third kappa shape index (κ3) is 3.51. The summed E-state index contributed by atoms with van der Waals surface area (Å²) in [4.78, 5) is 20.4. The average Bonchev–Trinajstić information content (AvgIpc) is 2.67. The van der Waals surface area contributed by atoms with Crippen LogP contribution in [0, 0.1) is 0 Å². The van der Waals surface area contributed by atoms with Gasteiger partial charge in [-0.2, -0.15) is 0 Å². The van der Waals surface area contributed by atoms with Gasteiger partial charge in [-0.3, -0.25) is 4.79 Å². The van der Waals surface area contributed by atoms with E-state index in [2.05, 4.69) is 34.7 Å². The number of para-hydroxylation sites is 1. The van der Waals surface area contributed by atoms with Crippen LogP contribution >= 0.6 is 15.9 Å². The van der Waals surface area contributed by atoms with Crippen molar-refractivity contribution in [3.8, 4) is 11.3 Å². The van der Waals surface area contributed by atoms with Gasteiger partial charge >= 0.3 is 0 Å². The molecule has 0 saturated carbocycles. The molecule has 0 aliphatic carbocycles. The second kappa shape index (κ2) is 7.43. The standard InChI is InChI=1S/C23H23BrN2O/c1-15-6-5-7-16(2)26(15)23(27)20-14-22(17-10-12-18(24)13-11-17)25-21-9-4-3-8-19(20)21/h3-4,8-16H,5-7H2,1-2H3/t15-,16-/m1/s1. The lowest BCUT2D eigenvalue weighted by atomic mass is 9.95. The summed E-state index contributed by atoms with van der Waals surface area (Å²) in [5.41, 5.74) is 3.46. The number of likely N-dealkylation sites (tertiary alicyclic amines) is 1. The Kier molecular flexibility index (Phi) is 5.00. The van der Waals surface area contributed by atoms with Gasteiger partial charge in [0.05, 0.1) is 16.8 Å². The minimum atomic E-state index is 0.117. The van der Waals surface area contributed by atoms with Crippen molar-refractivity contribution < 1.29 is 4.79 Å². The van der Waals surface area contributed by atoms with E-state index >= 15 is 0 Å². The van der Waals surface area contributed by atoms with Crippen LogP contribution in [0.5, 0.6) is 0 Å². The highest BCUT2D eigenvalue weighted by atomic mass is 79.9. The maximum absolute atomic E-state index is 13.6. The van der Waals surface area contributed by atoms with E-state index in [1.54, 1.807) is 0 Å². The van der Waals surface area contributed by atoms with Crippen molar-refractivity contribution >= 4 is 32.7 Å². The number of pyridine rings is 1. The lowest BCUT2D eigenvalue weighted by Gasteiger charge is -2.39. The molecule has 0 radical (unpaired) electrons. The maximum Gasteiger partial charge on any atom is 0.255 e. The summed E-state index contributed by atoms with van der Waals surface area (Å²) in [6.45, 7) is 4.32. The van der Waals surface area contributed by atoms with Crippen LogP contribution in [0.1, 0.15) is 43.5 Å². The van der Waals surface area contributed by atoms with E-state index in [0.29, 0.717) is 0 Å². The van der Waals surface area contributed by atoms with Gasteiger partial charge < -0.3 is 4.90 Å². The second-order valence-corrected chi connectivity index (χ2v) is 8.34. The molecule has 1 fully saturated rings. The number of hydrogen-bond acceptors (Lipinski definition) is 2. The largest absolute Gasteiger partial charge is 0.333 e. The Morgan fingerprint density at radius 1 is 1.04 bits per heavy atom. The SMILES string of the molecule is C[C@@H]1CCC[C@@H](C)N1C(=O)c1cc(-c2ccc(Br)cc2)nc2ccccc12. The normalized spacial score (nSPS) is 20.0. The molecule has 4 rings (SSSR count). The van der Waals surface area contributed by atoms with Crippen molar-refractivity contribution in [3.63, 3.8) is 0 Å². The molecule has 0 unspecified atom stereocenters. The number of benzene rings is 2. The highest BCUT2D eigenvalue weighted by molar-refractivity contribution is 9.10. The van der Waals surface area contributed by atoms with E-state index in [1.807, 2.05) is 54.6 Å². The van der Waals surface area contributed by atoms with E-state index in [4.69, 9.17) is 4.98 Å². The molecule has 27 heavy (non-hydrogen) atoms. The molecule has 3 aromatic rings. The summed E-state index contributed by atoms with van der Waals surface area (Å²) in [7, 11) is 0. The minimum absolute atomic E-state index is 0.117. The lowest BCUT2D eigenvalue weighted by molar-refractivity contribution is 0.0513. The Labute approximate surface area is 168 Å². The third-order valence-corrected chi connectivity index (χ3v) is 6.04. The molecule has 1 aliphatic rings. The number of nitrogens with zero attached hydrogens (tertiary/aromatic N) is 2. The molecule has 138 valence electrons. The van der Waals surface area contributed by atoms with E-state index < -0.39 is 0 Å². The molecular weight excluding hydrogens is 400 g/mol. The Morgan fingerprint density at radius 2 is 1.70 bits per heavy atom. The summed E-state index contributed by atoms with van der Waals surface area (Å²) in [6.07, 6.45) is 3.32. The van der Waals surface area contributed by atoms with Gasteiger partial charge in [0.2, 0.25) is 0 Å². The summed E-state index contributed by atoms with van der Waals surface area (Å²) in [5.74, 6) is 0.117. The van der Waals surface area contributed by atoms with Gasteiger partial charge in [0.15, 0.2) is 0 Å². The molecule has 2 atom stereocenters. The quantitative estimate of drug-likeness (QED) is 0.502. The Bertz CT molecular complexity index is 973. The average molecular weight is 423 g/mol. The first-order valence-corrected chi connectivity index (χ1v) is 10.3. The number of hydrogen-bond donors (Lipinski definition) is 0. The fourth-order valence-electron chi connectivity index (χ4n) is 4.08. The van der Waals surface area contributed by atoms with Crippen molar-refractivity contribution in [2.75, 3.05) is 0 Å². The monoisotopic (exact) mass is 422 g/mol. The zero-order valence-corrected chi connectivity index (χ0v) is 17.2. The number of halogens is 1. The molecule has 1 amide bonds. The predicted octanol–water partition coefficient (Wildman–Crippen LogP) is 6.07. The molecular formula is C23H23BrN2O. The minimum Gasteiger partial charge on any atom is -0.333 e. The number of fused-ring (bicyclic) bond motifs is 1. The number of aromatic nitrogens is 1. The number of carbonyl (C=O) groups is 1. The van der Waals surface area contributed by atoms with Crippen molar-refractivity contribution in [2.24, 2.45) is 0 Å². The van der Waals surface area contributed by atoms with E-state index in [0.717, 1.165) is 45.0 Å². The first-order chi connectivity index (χ1) is 13.0. The van der Waals surface area contributed by atoms with Gasteiger partial charge in [0.1, 0.15) is 0 Å². The van der Waals surface area contributed by atoms with Crippen LogP contribution in [0.25, 0.3) is 22.2 Å². The molecule has 0 bridgehead atoms. The first-order valence-electron chi connectivity index (χ1n) is 9.53. The zero-order valence-electron chi connectivity index (χ0n) is 15.7. The number of amides is 1. The van der Waals surface area contributed by atoms with Gasteiger partial charge in [-0.1, -0.05) is 46.3 Å². The van der Waals surface area contributed by atoms with Gasteiger partial charge in [-0.25, -0.2) is 4.98 Å². The van der Waals surface area contributed by atoms with Crippen LogP contribution in [0.15, 0.2) is 59.1 Å². The number of rotatable bonds is 2. The predicted molar refractivity (Wildman–Crippen MR) is 114 cm³/mol. The third-order valence-electron chi connectivity index (χ3n) is 5.51. The molecule has 2 aromatic carbocycles. The molecule has 3 nitrogen and oxygen atoms in total. The second-order valence-electron chi connectivity index (χ2n) is 7.42. The van der Waals surface area contributed by atoms with Crippen LogP contribution < -0.4 is 0 Å². The molecule has 0 N–H and O–H groups in total. The summed E-state index contributed by atoms with van der Waals surface area (Å²) >= 11 is 3.48. The summed E-state index contributed by atoms with van der Waals surface area (Å²) < 4.78 is 1.03. The van der Waals surface area contributed by atoms with Crippen LogP contribution in [0.3, 0.4) is 0 Å². The van der Waals surface area contributed by atoms with Gasteiger partial charge in [-0.15, -0.1) is 0 Å². The molecule has 2 heterocycles. The topological polar surface area (TPSA) is 33.2 Å². The molecule has 4 heteroatoms. The fourth-order valence-corrected chi connectivity index (χ4v) is 4.35. The van der Waals surface area contributed by atoms with Crippen molar-refractivity contribution in [3.05, 3.63) is 64.6 Å². The Hall–Kier alpha value is -2.20. The van der Waals surface area contributed by atoms with Crippen molar-refractivity contribution in [2.45, 2.75) is 45.2 Å². The Balaban J connectivity index is 1.85. The number of carbonyl (C=O) groups excluding carboxylic acids is 1. The van der Waals surface area contributed by atoms with E-state index in [9.17, 15) is 4.79 Å². The molecule has 0 spiro atoms. The Morgan fingerprint density at radius 3 is 2.41 bits per heavy atom. The van der Waals surface area contributed by atoms with Crippen LogP contribution in [0.2, 0.25) is 0 Å². The van der Waals surface area contributed by atoms with Gasteiger partial charge in [-0.05, 0) is 57.4 Å². The fraction of sp³-hybridized carbons (Fsp3) is 0.304. The van der Waals surface area contributed by atoms with Crippen molar-refractivity contribution in [1.29, 1.82) is 0 Å². The highest BCUT2D eigenvalue weighted by Gasteiger charge is 2.30. The molecule has 1 aromatic heterocycles. The molecule has 1 saturated heterocycles. The van der Waals surface area contributed by atoms with Gasteiger partial charge in [0.25, 0.3) is 5.91 Å². The maximum atomic E-state index is 13.6. The van der Waals surface area contributed by atoms with Crippen molar-refractivity contribution in [1.82, 2.24) is 9.88 Å². The lowest BCUT2D eigenvalue weighted by Crippen LogP contribution is -2.47. The van der Waals surface area contributed by atoms with Gasteiger partial charge in [0, 0.05) is 27.5 Å². The zero-order chi connectivity index (χ0) is 19.0. The summed E-state index contributed by atoms with van der Waals surface area (Å²) in [5, 5.41) is 0.924.